The van der Waals surface area contributed by atoms with Gasteiger partial charge in [0.05, 0.1) is 5.02 Å². The van der Waals surface area contributed by atoms with E-state index in [4.69, 9.17) is 11.6 Å². The molecule has 1 atom stereocenters. The van der Waals surface area contributed by atoms with Crippen LogP contribution in [0.2, 0.25) is 5.02 Å². The molecule has 2 aliphatic rings. The minimum Gasteiger partial charge on any atom is -0.504 e. The lowest BCUT2D eigenvalue weighted by atomic mass is 10.1. The number of aromatic hydroxyl groups is 2. The highest BCUT2D eigenvalue weighted by molar-refractivity contribution is 6.43. The fourth-order valence-corrected chi connectivity index (χ4v) is 3.37. The van der Waals surface area contributed by atoms with Crippen molar-refractivity contribution < 1.29 is 19.8 Å². The monoisotopic (exact) mass is 324 g/mol. The van der Waals surface area contributed by atoms with Crippen LogP contribution in [-0.4, -0.2) is 63.9 Å². The van der Waals surface area contributed by atoms with Crippen molar-refractivity contribution in [3.05, 3.63) is 22.7 Å². The third-order valence-corrected chi connectivity index (χ3v) is 4.66. The van der Waals surface area contributed by atoms with Gasteiger partial charge in [0.2, 0.25) is 0 Å². The van der Waals surface area contributed by atoms with E-state index in [-0.39, 0.29) is 10.6 Å². The number of benzene rings is 1. The summed E-state index contributed by atoms with van der Waals surface area (Å²) >= 11 is 5.73. The van der Waals surface area contributed by atoms with E-state index < -0.39 is 23.2 Å². The lowest BCUT2D eigenvalue weighted by Gasteiger charge is -2.37. The number of halogens is 1. The lowest BCUT2D eigenvalue weighted by molar-refractivity contribution is -0.128. The predicted molar refractivity (Wildman–Crippen MR) is 80.3 cm³/mol. The van der Waals surface area contributed by atoms with Crippen molar-refractivity contribution in [2.75, 3.05) is 26.2 Å². The quantitative estimate of drug-likeness (QED) is 0.486. The molecule has 6 nitrogen and oxygen atoms in total. The fourth-order valence-electron chi connectivity index (χ4n) is 3.16. The zero-order chi connectivity index (χ0) is 15.9. The molecule has 1 amide bonds. The van der Waals surface area contributed by atoms with Gasteiger partial charge in [-0.15, -0.1) is 0 Å². The van der Waals surface area contributed by atoms with Crippen molar-refractivity contribution >= 4 is 23.3 Å². The summed E-state index contributed by atoms with van der Waals surface area (Å²) in [5.74, 6) is -2.31. The number of hydrogen-bond donors (Lipinski definition) is 2. The van der Waals surface area contributed by atoms with Gasteiger partial charge in [0.15, 0.2) is 11.5 Å². The maximum atomic E-state index is 12.4. The summed E-state index contributed by atoms with van der Waals surface area (Å²) < 4.78 is 0. The summed E-state index contributed by atoms with van der Waals surface area (Å²) in [5.41, 5.74) is -0.0147. The molecule has 118 valence electrons. The smallest absolute Gasteiger partial charge is 0.295 e. The second-order valence-electron chi connectivity index (χ2n) is 5.74. The highest BCUT2D eigenvalue weighted by Crippen LogP contribution is 2.34. The van der Waals surface area contributed by atoms with Crippen LogP contribution in [0.4, 0.5) is 0 Å². The van der Waals surface area contributed by atoms with E-state index in [0.29, 0.717) is 19.1 Å². The summed E-state index contributed by atoms with van der Waals surface area (Å²) in [5, 5.41) is 18.8. The second-order valence-corrected chi connectivity index (χ2v) is 6.15. The van der Waals surface area contributed by atoms with E-state index in [2.05, 4.69) is 4.90 Å². The standard InChI is InChI=1S/C15H17ClN2O4/c16-11-6-9(7-12(19)14(11)21)13(20)15(22)18-5-4-17-3-1-2-10(17)8-18/h6-7,10,19,21H,1-5,8H2. The average Bonchev–Trinajstić information content (AvgIpc) is 2.98. The number of phenols is 2. The molecule has 2 heterocycles. The minimum atomic E-state index is -0.719. The number of carbonyl (C=O) groups excluding carboxylic acids is 2. The number of piperazine rings is 1. The molecule has 7 heteroatoms. The number of rotatable bonds is 2. The molecular weight excluding hydrogens is 308 g/mol. The summed E-state index contributed by atoms with van der Waals surface area (Å²) in [6.45, 7) is 2.93. The molecule has 0 spiro atoms. The molecule has 1 aromatic carbocycles. The highest BCUT2D eigenvalue weighted by atomic mass is 35.5. The van der Waals surface area contributed by atoms with Crippen LogP contribution in [0.3, 0.4) is 0 Å². The van der Waals surface area contributed by atoms with Gasteiger partial charge in [-0.2, -0.15) is 0 Å². The molecule has 0 aromatic heterocycles. The van der Waals surface area contributed by atoms with Gasteiger partial charge < -0.3 is 15.1 Å². The Bertz CT molecular complexity index is 611. The van der Waals surface area contributed by atoms with Crippen LogP contribution < -0.4 is 0 Å². The van der Waals surface area contributed by atoms with E-state index >= 15 is 0 Å². The second kappa shape index (κ2) is 5.78. The van der Waals surface area contributed by atoms with Gasteiger partial charge >= 0.3 is 0 Å². The molecular formula is C15H17ClN2O4. The topological polar surface area (TPSA) is 81.1 Å². The van der Waals surface area contributed by atoms with Crippen LogP contribution in [0.1, 0.15) is 23.2 Å². The number of Topliss-reactive ketones (excluding diaryl/α,β-unsaturated/α-hetero) is 1. The summed E-state index contributed by atoms with van der Waals surface area (Å²) in [6, 6.07) is 2.60. The molecule has 22 heavy (non-hydrogen) atoms. The van der Waals surface area contributed by atoms with Crippen molar-refractivity contribution in [1.82, 2.24) is 9.80 Å². The molecule has 0 radical (unpaired) electrons. The van der Waals surface area contributed by atoms with Gasteiger partial charge in [-0.1, -0.05) is 11.6 Å². The van der Waals surface area contributed by atoms with E-state index in [0.717, 1.165) is 32.0 Å². The number of hydrogen-bond acceptors (Lipinski definition) is 5. The summed E-state index contributed by atoms with van der Waals surface area (Å²) in [6.07, 6.45) is 2.17. The van der Waals surface area contributed by atoms with E-state index in [1.165, 1.54) is 6.07 Å². The van der Waals surface area contributed by atoms with Crippen molar-refractivity contribution in [3.8, 4) is 11.5 Å². The Morgan fingerprint density at radius 1 is 1.18 bits per heavy atom. The van der Waals surface area contributed by atoms with E-state index in [1.807, 2.05) is 0 Å². The molecule has 2 fully saturated rings. The lowest BCUT2D eigenvalue weighted by Crippen LogP contribution is -2.53. The van der Waals surface area contributed by atoms with Crippen LogP contribution in [0.15, 0.2) is 12.1 Å². The number of ketones is 1. The Kier molecular flexibility index (Phi) is 3.97. The Balaban J connectivity index is 1.76. The van der Waals surface area contributed by atoms with Crippen molar-refractivity contribution in [2.45, 2.75) is 18.9 Å². The Labute approximate surface area is 132 Å². The highest BCUT2D eigenvalue weighted by Gasteiger charge is 2.34. The van der Waals surface area contributed by atoms with E-state index in [1.54, 1.807) is 4.90 Å². The first kappa shape index (κ1) is 15.1. The zero-order valence-corrected chi connectivity index (χ0v) is 12.7. The first-order chi connectivity index (χ1) is 10.5. The van der Waals surface area contributed by atoms with Gasteiger partial charge in [-0.05, 0) is 31.5 Å². The average molecular weight is 325 g/mol. The van der Waals surface area contributed by atoms with Crippen molar-refractivity contribution in [3.63, 3.8) is 0 Å². The SMILES string of the molecule is O=C(C(=O)N1CCN2CCCC2C1)c1cc(O)c(O)c(Cl)c1. The van der Waals surface area contributed by atoms with Gasteiger partial charge in [0.1, 0.15) is 0 Å². The van der Waals surface area contributed by atoms with Crippen LogP contribution in [0, 0.1) is 0 Å². The normalized spacial score (nSPS) is 21.7. The number of phenolic OH excluding ortho intramolecular Hbond substituents is 2. The molecule has 1 aromatic rings. The number of amides is 1. The van der Waals surface area contributed by atoms with Gasteiger partial charge in [0.25, 0.3) is 11.7 Å². The van der Waals surface area contributed by atoms with Crippen molar-refractivity contribution in [2.24, 2.45) is 0 Å². The fraction of sp³-hybridized carbons (Fsp3) is 0.467. The third kappa shape index (κ3) is 2.64. The zero-order valence-electron chi connectivity index (χ0n) is 12.0. The largest absolute Gasteiger partial charge is 0.504 e. The first-order valence-corrected chi connectivity index (χ1v) is 7.64. The summed E-state index contributed by atoms with van der Waals surface area (Å²) in [7, 11) is 0. The van der Waals surface area contributed by atoms with Gasteiger partial charge in [-0.25, -0.2) is 0 Å². The molecule has 0 bridgehead atoms. The third-order valence-electron chi connectivity index (χ3n) is 4.37. The molecule has 1 unspecified atom stereocenters. The van der Waals surface area contributed by atoms with Crippen molar-refractivity contribution in [1.29, 1.82) is 0 Å². The van der Waals surface area contributed by atoms with Crippen LogP contribution in [0.5, 0.6) is 11.5 Å². The first-order valence-electron chi connectivity index (χ1n) is 7.26. The Hall–Kier alpha value is -1.79. The van der Waals surface area contributed by atoms with Crippen LogP contribution >= 0.6 is 11.6 Å². The van der Waals surface area contributed by atoms with Gasteiger partial charge in [-0.3, -0.25) is 14.5 Å². The van der Waals surface area contributed by atoms with Crippen LogP contribution in [-0.2, 0) is 4.79 Å². The molecule has 2 aliphatic heterocycles. The molecule has 0 aliphatic carbocycles. The number of nitrogens with zero attached hydrogens (tertiary/aromatic N) is 2. The van der Waals surface area contributed by atoms with Gasteiger partial charge in [0, 0.05) is 31.2 Å². The molecule has 0 saturated carbocycles. The minimum absolute atomic E-state index is 0.0147. The number of fused-ring (bicyclic) bond motifs is 1. The van der Waals surface area contributed by atoms with Crippen LogP contribution in [0.25, 0.3) is 0 Å². The Morgan fingerprint density at radius 3 is 2.68 bits per heavy atom. The number of carbonyl (C=O) groups is 2. The maximum Gasteiger partial charge on any atom is 0.295 e. The summed E-state index contributed by atoms with van der Waals surface area (Å²) in [4.78, 5) is 28.6. The predicted octanol–water partition coefficient (Wildman–Crippen LogP) is 1.24. The molecule has 3 rings (SSSR count). The Morgan fingerprint density at radius 2 is 1.95 bits per heavy atom. The molecule has 2 saturated heterocycles. The molecule has 2 N–H and O–H groups in total. The maximum absolute atomic E-state index is 12.4. The van der Waals surface area contributed by atoms with E-state index in [9.17, 15) is 19.8 Å².